The van der Waals surface area contributed by atoms with Crippen molar-refractivity contribution in [3.63, 3.8) is 0 Å². The van der Waals surface area contributed by atoms with Crippen molar-refractivity contribution >= 4 is 51.4 Å². The summed E-state index contributed by atoms with van der Waals surface area (Å²) < 4.78 is 45.1. The summed E-state index contributed by atoms with van der Waals surface area (Å²) in [6.45, 7) is 4.03. The number of rotatable bonds is 9. The first kappa shape index (κ1) is 28.3. The summed E-state index contributed by atoms with van der Waals surface area (Å²) in [7, 11) is 2.94. The van der Waals surface area contributed by atoms with E-state index >= 15 is 0 Å². The van der Waals surface area contributed by atoms with Gasteiger partial charge in [0.1, 0.15) is 23.1 Å². The normalized spacial score (nSPS) is 20.1. The van der Waals surface area contributed by atoms with Crippen molar-refractivity contribution in [3.8, 4) is 22.8 Å². The fourth-order valence-corrected chi connectivity index (χ4v) is 5.79. The number of hydrogen-bond donors (Lipinski definition) is 1. The number of aromatic nitrogens is 2. The molecule has 2 saturated heterocycles. The molecule has 0 saturated carbocycles. The van der Waals surface area contributed by atoms with E-state index in [0.29, 0.717) is 64.8 Å². The van der Waals surface area contributed by atoms with Gasteiger partial charge < -0.3 is 24.4 Å². The van der Waals surface area contributed by atoms with Gasteiger partial charge in [0.25, 0.3) is 5.92 Å². The van der Waals surface area contributed by atoms with Crippen LogP contribution in [0.3, 0.4) is 0 Å². The van der Waals surface area contributed by atoms with E-state index in [1.807, 2.05) is 0 Å². The van der Waals surface area contributed by atoms with Crippen LogP contribution in [-0.2, 0) is 9.53 Å². The molecule has 3 aromatic rings. The Hall–Kier alpha value is -3.21. The van der Waals surface area contributed by atoms with E-state index in [0.717, 1.165) is 0 Å². The Morgan fingerprint density at radius 3 is 2.58 bits per heavy atom. The number of hydrogen-bond acceptors (Lipinski definition) is 8. The van der Waals surface area contributed by atoms with Crippen molar-refractivity contribution in [1.82, 2.24) is 9.97 Å². The number of fused-ring (bicyclic) bond motifs is 1. The average Bonchev–Trinajstić information content (AvgIpc) is 3.53. The third-order valence-electron chi connectivity index (χ3n) is 7.22. The van der Waals surface area contributed by atoms with E-state index in [9.17, 15) is 13.6 Å². The van der Waals surface area contributed by atoms with Gasteiger partial charge >= 0.3 is 0 Å². The van der Waals surface area contributed by atoms with Gasteiger partial charge in [0.2, 0.25) is 0 Å². The molecule has 0 aliphatic carbocycles. The van der Waals surface area contributed by atoms with E-state index in [4.69, 9.17) is 42.4 Å². The Balaban J connectivity index is 1.60. The van der Waals surface area contributed by atoms with Crippen LogP contribution in [0.2, 0.25) is 10.0 Å². The molecule has 0 radical (unpaired) electrons. The Morgan fingerprint density at radius 1 is 1.23 bits per heavy atom. The second kappa shape index (κ2) is 11.3. The largest absolute Gasteiger partial charge is 0.495 e. The third-order valence-corrected chi connectivity index (χ3v) is 7.97. The lowest BCUT2D eigenvalue weighted by atomic mass is 9.97. The molecule has 0 bridgehead atoms. The van der Waals surface area contributed by atoms with E-state index in [1.54, 1.807) is 29.3 Å². The molecule has 2 fully saturated rings. The van der Waals surface area contributed by atoms with Crippen molar-refractivity contribution in [1.29, 1.82) is 0 Å². The molecule has 1 N–H and O–H groups in total. The Bertz CT molecular complexity index is 1440. The number of alkyl halides is 2. The molecule has 0 spiro atoms. The third kappa shape index (κ3) is 5.53. The number of allylic oxidation sites excluding steroid dienone is 1. The maximum Gasteiger partial charge on any atom is 0.266 e. The van der Waals surface area contributed by atoms with Gasteiger partial charge in [-0.05, 0) is 18.2 Å². The second-order valence-electron chi connectivity index (χ2n) is 9.86. The molecule has 12 heteroatoms. The number of ether oxygens (including phenoxy) is 3. The van der Waals surface area contributed by atoms with Gasteiger partial charge in [-0.15, -0.1) is 0 Å². The number of methoxy groups -OCH3 is 2. The molecule has 0 unspecified atom stereocenters. The quantitative estimate of drug-likeness (QED) is 0.301. The highest BCUT2D eigenvalue weighted by Crippen LogP contribution is 2.47. The maximum absolute atomic E-state index is 14.3. The number of halogens is 4. The van der Waals surface area contributed by atoms with Crippen molar-refractivity contribution in [2.24, 2.45) is 5.92 Å². The smallest absolute Gasteiger partial charge is 0.266 e. The molecule has 5 rings (SSSR count). The van der Waals surface area contributed by atoms with E-state index < -0.39 is 12.5 Å². The van der Waals surface area contributed by atoms with Crippen LogP contribution in [-0.4, -0.2) is 68.2 Å². The topological polar surface area (TPSA) is 85.8 Å². The maximum atomic E-state index is 14.3. The molecule has 2 aliphatic rings. The minimum Gasteiger partial charge on any atom is -0.495 e. The van der Waals surface area contributed by atoms with Crippen LogP contribution in [0, 0.1) is 5.92 Å². The van der Waals surface area contributed by atoms with Gasteiger partial charge in [-0.2, -0.15) is 0 Å². The van der Waals surface area contributed by atoms with Crippen LogP contribution in [0.5, 0.6) is 11.5 Å². The van der Waals surface area contributed by atoms with Crippen LogP contribution < -0.4 is 19.7 Å². The zero-order valence-corrected chi connectivity index (χ0v) is 23.5. The van der Waals surface area contributed by atoms with Gasteiger partial charge in [-0.25, -0.2) is 18.7 Å². The first-order valence-electron chi connectivity index (χ1n) is 12.7. The number of anilines is 2. The number of carbonyl (C=O) groups excluding carboxylic acids is 1. The summed E-state index contributed by atoms with van der Waals surface area (Å²) in [6.07, 6.45) is 2.96. The van der Waals surface area contributed by atoms with Gasteiger partial charge in [0.05, 0.1) is 55.8 Å². The molecule has 0 amide bonds. The van der Waals surface area contributed by atoms with Crippen LogP contribution >= 0.6 is 23.2 Å². The first-order valence-corrected chi connectivity index (χ1v) is 13.4. The summed E-state index contributed by atoms with van der Waals surface area (Å²) >= 11 is 13.3. The SMILES string of the molecule is C=CC(=O)C[C@H]1COC[C@H]1Nc1cc2c(N3CCC(F)(F)C3)nc(-c3c(Cl)c(OC)cc(OC)c3Cl)cc2cn1. The van der Waals surface area contributed by atoms with E-state index in [-0.39, 0.29) is 40.8 Å². The number of benzene rings is 1. The molecule has 1 aromatic carbocycles. The van der Waals surface area contributed by atoms with Crippen LogP contribution in [0.1, 0.15) is 12.8 Å². The molecule has 2 aliphatic heterocycles. The van der Waals surface area contributed by atoms with Crippen LogP contribution in [0.15, 0.2) is 37.1 Å². The minimum absolute atomic E-state index is 0.0485. The number of ketones is 1. The standard InChI is InChI=1S/C28H28Cl2F2N4O4/c1-4-17(37)7-16-12-40-13-20(16)34-23-9-18-15(11-33-23)8-19(35-27(18)36-6-5-28(31,32)14-36)24-25(29)21(38-2)10-22(39-3)26(24)30/h4,8-11,16,20H,1,5-7,12-14H2,2-3H3,(H,33,34)/t16-,20+/m0/s1. The van der Waals surface area contributed by atoms with Gasteiger partial charge in [0, 0.05) is 53.9 Å². The number of nitrogens with one attached hydrogen (secondary N) is 1. The Labute approximate surface area is 240 Å². The summed E-state index contributed by atoms with van der Waals surface area (Å²) in [5.41, 5.74) is 0.716. The predicted molar refractivity (Wildman–Crippen MR) is 151 cm³/mol. The lowest BCUT2D eigenvalue weighted by molar-refractivity contribution is -0.115. The molecule has 2 aromatic heterocycles. The molecule has 4 heterocycles. The zero-order valence-electron chi connectivity index (χ0n) is 22.0. The lowest BCUT2D eigenvalue weighted by Crippen LogP contribution is -2.29. The minimum atomic E-state index is -2.85. The number of pyridine rings is 2. The van der Waals surface area contributed by atoms with Crippen LogP contribution in [0.4, 0.5) is 20.4 Å². The fraction of sp³-hybridized carbons (Fsp3) is 0.393. The molecule has 212 valence electrons. The lowest BCUT2D eigenvalue weighted by Gasteiger charge is -2.23. The van der Waals surface area contributed by atoms with Gasteiger partial charge in [-0.1, -0.05) is 29.8 Å². The second-order valence-corrected chi connectivity index (χ2v) is 10.6. The molecular weight excluding hydrogens is 565 g/mol. The fourth-order valence-electron chi connectivity index (χ4n) is 5.09. The van der Waals surface area contributed by atoms with E-state index in [2.05, 4.69) is 16.9 Å². The van der Waals surface area contributed by atoms with Crippen molar-refractivity contribution in [2.75, 3.05) is 50.7 Å². The summed E-state index contributed by atoms with van der Waals surface area (Å²) in [5, 5.41) is 5.05. The first-order chi connectivity index (χ1) is 19.1. The Kier molecular flexibility index (Phi) is 8.03. The summed E-state index contributed by atoms with van der Waals surface area (Å²) in [4.78, 5) is 22.9. The number of carbonyl (C=O) groups is 1. The average molecular weight is 593 g/mol. The number of nitrogens with zero attached hydrogens (tertiary/aromatic N) is 3. The zero-order chi connectivity index (χ0) is 28.6. The van der Waals surface area contributed by atoms with E-state index in [1.165, 1.54) is 20.3 Å². The molecule has 8 nitrogen and oxygen atoms in total. The molecule has 40 heavy (non-hydrogen) atoms. The summed E-state index contributed by atoms with van der Waals surface area (Å²) in [5.74, 6) is -1.43. The molecular formula is C28H28Cl2F2N4O4. The van der Waals surface area contributed by atoms with Gasteiger partial charge in [-0.3, -0.25) is 4.79 Å². The van der Waals surface area contributed by atoms with Crippen LogP contribution in [0.25, 0.3) is 22.0 Å². The van der Waals surface area contributed by atoms with Crippen molar-refractivity contribution in [2.45, 2.75) is 24.8 Å². The highest BCUT2D eigenvalue weighted by Gasteiger charge is 2.39. The van der Waals surface area contributed by atoms with Crippen molar-refractivity contribution < 1.29 is 27.8 Å². The molecule has 2 atom stereocenters. The predicted octanol–water partition coefficient (Wildman–Crippen LogP) is 6.04. The summed E-state index contributed by atoms with van der Waals surface area (Å²) in [6, 6.07) is 4.94. The van der Waals surface area contributed by atoms with Crippen molar-refractivity contribution in [3.05, 3.63) is 47.1 Å². The Morgan fingerprint density at radius 2 is 1.95 bits per heavy atom. The van der Waals surface area contributed by atoms with Gasteiger partial charge in [0.15, 0.2) is 5.78 Å². The highest BCUT2D eigenvalue weighted by molar-refractivity contribution is 6.41. The monoisotopic (exact) mass is 592 g/mol. The highest BCUT2D eigenvalue weighted by atomic mass is 35.5.